The molecular weight excluding hydrogens is 248 g/mol. The van der Waals surface area contributed by atoms with Crippen LogP contribution in [0.5, 0.6) is 0 Å². The lowest BCUT2D eigenvalue weighted by Crippen LogP contribution is -2.29. The summed E-state index contributed by atoms with van der Waals surface area (Å²) >= 11 is 0. The zero-order chi connectivity index (χ0) is 14.1. The highest BCUT2D eigenvalue weighted by molar-refractivity contribution is 5.76. The molecule has 3 N–H and O–H groups in total. The van der Waals surface area contributed by atoms with Crippen LogP contribution in [0.2, 0.25) is 0 Å². The van der Waals surface area contributed by atoms with Crippen LogP contribution in [0.25, 0.3) is 0 Å². The molecule has 3 heteroatoms. The van der Waals surface area contributed by atoms with E-state index in [2.05, 4.69) is 5.32 Å². The minimum Gasteiger partial charge on any atom is -0.399 e. The zero-order valence-electron chi connectivity index (χ0n) is 12.1. The third kappa shape index (κ3) is 2.82. The van der Waals surface area contributed by atoms with Gasteiger partial charge in [0.15, 0.2) is 0 Å². The number of rotatable bonds is 4. The third-order valence-corrected chi connectivity index (χ3v) is 5.15. The molecule has 2 bridgehead atoms. The molecule has 3 nitrogen and oxygen atoms in total. The van der Waals surface area contributed by atoms with Gasteiger partial charge in [0.05, 0.1) is 6.04 Å². The monoisotopic (exact) mass is 272 g/mol. The van der Waals surface area contributed by atoms with Crippen molar-refractivity contribution in [2.45, 2.75) is 45.1 Å². The lowest BCUT2D eigenvalue weighted by molar-refractivity contribution is -0.123. The number of hydrogen-bond acceptors (Lipinski definition) is 2. The minimum absolute atomic E-state index is 0.0571. The van der Waals surface area contributed by atoms with Crippen LogP contribution >= 0.6 is 0 Å². The van der Waals surface area contributed by atoms with E-state index in [1.807, 2.05) is 31.2 Å². The maximum absolute atomic E-state index is 12.2. The standard InChI is InChI=1S/C17H24N2O/c1-11(13-4-6-16(18)7-5-13)19-17(20)10-15-9-12-2-3-14(15)8-12/h4-7,11-12,14-15H,2-3,8-10,18H2,1H3,(H,19,20). The van der Waals surface area contributed by atoms with Gasteiger partial charge in [-0.15, -0.1) is 0 Å². The Morgan fingerprint density at radius 1 is 1.30 bits per heavy atom. The Kier molecular flexibility index (Phi) is 3.68. The minimum atomic E-state index is 0.0571. The molecular formula is C17H24N2O. The number of fused-ring (bicyclic) bond motifs is 2. The van der Waals surface area contributed by atoms with E-state index in [9.17, 15) is 4.79 Å². The summed E-state index contributed by atoms with van der Waals surface area (Å²) in [6, 6.07) is 7.79. The summed E-state index contributed by atoms with van der Waals surface area (Å²) in [6.45, 7) is 2.03. The fourth-order valence-electron chi connectivity index (χ4n) is 4.03. The summed E-state index contributed by atoms with van der Waals surface area (Å²) in [5.41, 5.74) is 7.55. The molecule has 2 saturated carbocycles. The predicted octanol–water partition coefficient (Wildman–Crippen LogP) is 3.27. The molecule has 4 unspecified atom stereocenters. The average molecular weight is 272 g/mol. The fourth-order valence-corrected chi connectivity index (χ4v) is 4.03. The molecule has 108 valence electrons. The van der Waals surface area contributed by atoms with Crippen molar-refractivity contribution in [3.63, 3.8) is 0 Å². The van der Waals surface area contributed by atoms with Gasteiger partial charge in [-0.25, -0.2) is 0 Å². The Bertz CT molecular complexity index is 482. The molecule has 0 spiro atoms. The number of amides is 1. The first-order valence-corrected chi connectivity index (χ1v) is 7.76. The van der Waals surface area contributed by atoms with Gasteiger partial charge in [-0.3, -0.25) is 4.79 Å². The van der Waals surface area contributed by atoms with Gasteiger partial charge in [0.2, 0.25) is 5.91 Å². The SMILES string of the molecule is CC(NC(=O)CC1CC2CCC1C2)c1ccc(N)cc1. The molecule has 0 radical (unpaired) electrons. The first-order valence-electron chi connectivity index (χ1n) is 7.76. The highest BCUT2D eigenvalue weighted by Gasteiger charge is 2.40. The number of nitrogens with two attached hydrogens (primary N) is 1. The fraction of sp³-hybridized carbons (Fsp3) is 0.588. The third-order valence-electron chi connectivity index (χ3n) is 5.15. The molecule has 3 rings (SSSR count). The van der Waals surface area contributed by atoms with Crippen LogP contribution in [0.4, 0.5) is 5.69 Å². The maximum atomic E-state index is 12.2. The molecule has 0 aromatic heterocycles. The number of nitrogen functional groups attached to an aromatic ring is 1. The van der Waals surface area contributed by atoms with E-state index in [0.717, 1.165) is 23.1 Å². The van der Waals surface area contributed by atoms with Crippen LogP contribution in [-0.4, -0.2) is 5.91 Å². The van der Waals surface area contributed by atoms with Gasteiger partial charge < -0.3 is 11.1 Å². The van der Waals surface area contributed by atoms with Gasteiger partial charge in [-0.05, 0) is 61.6 Å². The molecule has 4 atom stereocenters. The molecule has 2 aliphatic rings. The van der Waals surface area contributed by atoms with Crippen LogP contribution in [0.1, 0.15) is 50.6 Å². The van der Waals surface area contributed by atoms with E-state index in [0.29, 0.717) is 12.3 Å². The van der Waals surface area contributed by atoms with Crippen LogP contribution < -0.4 is 11.1 Å². The van der Waals surface area contributed by atoms with Crippen LogP contribution in [0, 0.1) is 17.8 Å². The average Bonchev–Trinajstić information content (AvgIpc) is 3.01. The van der Waals surface area contributed by atoms with Gasteiger partial charge in [-0.1, -0.05) is 18.6 Å². The van der Waals surface area contributed by atoms with Gasteiger partial charge in [0.25, 0.3) is 0 Å². The smallest absolute Gasteiger partial charge is 0.220 e. The van der Waals surface area contributed by atoms with E-state index in [4.69, 9.17) is 5.73 Å². The van der Waals surface area contributed by atoms with Gasteiger partial charge in [-0.2, -0.15) is 0 Å². The highest BCUT2D eigenvalue weighted by atomic mass is 16.1. The predicted molar refractivity (Wildman–Crippen MR) is 81.0 cm³/mol. The summed E-state index contributed by atoms with van der Waals surface area (Å²) in [5.74, 6) is 2.56. The Labute approximate surface area is 120 Å². The van der Waals surface area contributed by atoms with E-state index in [-0.39, 0.29) is 11.9 Å². The van der Waals surface area contributed by atoms with Crippen LogP contribution in [0.15, 0.2) is 24.3 Å². The van der Waals surface area contributed by atoms with Crippen molar-refractivity contribution in [1.82, 2.24) is 5.32 Å². The number of carbonyl (C=O) groups is 1. The van der Waals surface area contributed by atoms with Crippen LogP contribution in [-0.2, 0) is 4.79 Å². The molecule has 2 fully saturated rings. The highest BCUT2D eigenvalue weighted by Crippen LogP contribution is 2.49. The molecule has 0 aliphatic heterocycles. The number of benzene rings is 1. The molecule has 1 aromatic rings. The summed E-state index contributed by atoms with van der Waals surface area (Å²) in [5, 5.41) is 3.12. The van der Waals surface area contributed by atoms with Crippen molar-refractivity contribution in [2.75, 3.05) is 5.73 Å². The second-order valence-corrected chi connectivity index (χ2v) is 6.59. The zero-order valence-corrected chi connectivity index (χ0v) is 12.1. The van der Waals surface area contributed by atoms with Crippen molar-refractivity contribution in [1.29, 1.82) is 0 Å². The van der Waals surface area contributed by atoms with Gasteiger partial charge in [0, 0.05) is 12.1 Å². The Morgan fingerprint density at radius 3 is 2.65 bits per heavy atom. The number of anilines is 1. The number of hydrogen-bond donors (Lipinski definition) is 2. The second-order valence-electron chi connectivity index (χ2n) is 6.59. The largest absolute Gasteiger partial charge is 0.399 e. The molecule has 0 saturated heterocycles. The lowest BCUT2D eigenvalue weighted by atomic mass is 9.86. The molecule has 2 aliphatic carbocycles. The number of carbonyl (C=O) groups excluding carboxylic acids is 1. The van der Waals surface area contributed by atoms with Gasteiger partial charge in [0.1, 0.15) is 0 Å². The van der Waals surface area contributed by atoms with Crippen molar-refractivity contribution >= 4 is 11.6 Å². The van der Waals surface area contributed by atoms with E-state index in [1.165, 1.54) is 25.7 Å². The summed E-state index contributed by atoms with van der Waals surface area (Å²) < 4.78 is 0. The van der Waals surface area contributed by atoms with Crippen molar-refractivity contribution in [3.05, 3.63) is 29.8 Å². The molecule has 0 heterocycles. The van der Waals surface area contributed by atoms with Crippen molar-refractivity contribution < 1.29 is 4.79 Å². The molecule has 1 amide bonds. The molecule has 1 aromatic carbocycles. The topological polar surface area (TPSA) is 55.1 Å². The lowest BCUT2D eigenvalue weighted by Gasteiger charge is -2.22. The van der Waals surface area contributed by atoms with Crippen LogP contribution in [0.3, 0.4) is 0 Å². The summed E-state index contributed by atoms with van der Waals surface area (Å²) in [4.78, 5) is 12.2. The first kappa shape index (κ1) is 13.5. The summed E-state index contributed by atoms with van der Waals surface area (Å²) in [6.07, 6.45) is 6.08. The van der Waals surface area contributed by atoms with E-state index >= 15 is 0 Å². The first-order chi connectivity index (χ1) is 9.61. The normalized spacial score (nSPS) is 29.4. The maximum Gasteiger partial charge on any atom is 0.220 e. The molecule has 20 heavy (non-hydrogen) atoms. The van der Waals surface area contributed by atoms with Gasteiger partial charge >= 0.3 is 0 Å². The Balaban J connectivity index is 1.52. The Hall–Kier alpha value is -1.51. The Morgan fingerprint density at radius 2 is 2.05 bits per heavy atom. The summed E-state index contributed by atoms with van der Waals surface area (Å²) in [7, 11) is 0. The van der Waals surface area contributed by atoms with Crippen molar-refractivity contribution in [2.24, 2.45) is 17.8 Å². The van der Waals surface area contributed by atoms with E-state index in [1.54, 1.807) is 0 Å². The van der Waals surface area contributed by atoms with Crippen molar-refractivity contribution in [3.8, 4) is 0 Å². The van der Waals surface area contributed by atoms with E-state index < -0.39 is 0 Å². The quantitative estimate of drug-likeness (QED) is 0.826. The number of nitrogens with one attached hydrogen (secondary N) is 1. The second kappa shape index (κ2) is 5.47.